The molecule has 180 valence electrons. The lowest BCUT2D eigenvalue weighted by molar-refractivity contribution is -0.0889. The minimum absolute atomic E-state index is 0.190. The van der Waals surface area contributed by atoms with E-state index in [1.54, 1.807) is 13.0 Å². The molecule has 1 fully saturated rings. The largest absolute Gasteiger partial charge is 0.488 e. The highest BCUT2D eigenvalue weighted by Gasteiger charge is 2.47. The zero-order valence-electron chi connectivity index (χ0n) is 19.6. The number of para-hydroxylation sites is 2. The van der Waals surface area contributed by atoms with Gasteiger partial charge in [0.15, 0.2) is 0 Å². The summed E-state index contributed by atoms with van der Waals surface area (Å²) in [5.41, 5.74) is 6.28. The van der Waals surface area contributed by atoms with E-state index >= 15 is 0 Å². The Hall–Kier alpha value is -4.05. The summed E-state index contributed by atoms with van der Waals surface area (Å²) in [6.07, 6.45) is -0.379. The van der Waals surface area contributed by atoms with Gasteiger partial charge in [-0.3, -0.25) is 0 Å². The highest BCUT2D eigenvalue weighted by Crippen LogP contribution is 2.48. The quantitative estimate of drug-likeness (QED) is 0.294. The predicted molar refractivity (Wildman–Crippen MR) is 130 cm³/mol. The fourth-order valence-corrected chi connectivity index (χ4v) is 5.29. The zero-order valence-corrected chi connectivity index (χ0v) is 19.6. The molecule has 0 atom stereocenters. The molecular formula is C29H22F3N3O. The molecule has 2 heterocycles. The van der Waals surface area contributed by atoms with E-state index in [0.29, 0.717) is 29.3 Å². The second-order valence-electron chi connectivity index (χ2n) is 9.54. The van der Waals surface area contributed by atoms with Crippen LogP contribution in [0.5, 0.6) is 5.75 Å². The van der Waals surface area contributed by atoms with Crippen LogP contribution in [-0.2, 0) is 13.2 Å². The molecule has 7 heteroatoms. The number of nitrogens with zero attached hydrogens (tertiary/aromatic N) is 3. The molecule has 1 aliphatic carbocycles. The van der Waals surface area contributed by atoms with Gasteiger partial charge in [-0.05, 0) is 53.9 Å². The van der Waals surface area contributed by atoms with Gasteiger partial charge >= 0.3 is 0 Å². The lowest BCUT2D eigenvalue weighted by Gasteiger charge is -2.34. The van der Waals surface area contributed by atoms with Crippen LogP contribution in [0.1, 0.15) is 53.8 Å². The van der Waals surface area contributed by atoms with Crippen LogP contribution >= 0.6 is 0 Å². The molecule has 0 unspecified atom stereocenters. The smallest absolute Gasteiger partial charge is 0.249 e. The third-order valence-electron chi connectivity index (χ3n) is 7.06. The molecule has 0 radical (unpaired) electrons. The van der Waals surface area contributed by atoms with Crippen LogP contribution in [0.3, 0.4) is 0 Å². The fourth-order valence-electron chi connectivity index (χ4n) is 5.29. The lowest BCUT2D eigenvalue weighted by atomic mass is 9.80. The topological polar surface area (TPSA) is 50.8 Å². The van der Waals surface area contributed by atoms with Gasteiger partial charge in [0, 0.05) is 48.1 Å². The molecule has 3 aromatic carbocycles. The Kier molecular flexibility index (Phi) is 5.15. The Morgan fingerprint density at radius 2 is 1.89 bits per heavy atom. The summed E-state index contributed by atoms with van der Waals surface area (Å²) in [6.45, 7) is 2.42. The maximum absolute atomic E-state index is 13.9. The third-order valence-corrected chi connectivity index (χ3v) is 7.06. The number of nitriles is 1. The summed E-state index contributed by atoms with van der Waals surface area (Å²) in [7, 11) is 0. The van der Waals surface area contributed by atoms with Crippen molar-refractivity contribution in [2.75, 3.05) is 0 Å². The van der Waals surface area contributed by atoms with Crippen molar-refractivity contribution in [2.45, 2.75) is 44.8 Å². The van der Waals surface area contributed by atoms with Crippen LogP contribution in [0.2, 0.25) is 0 Å². The molecule has 0 N–H and O–H groups in total. The third kappa shape index (κ3) is 3.74. The molecular weight excluding hydrogens is 463 g/mol. The van der Waals surface area contributed by atoms with Crippen LogP contribution in [0, 0.1) is 17.1 Å². The average molecular weight is 486 g/mol. The first kappa shape index (κ1) is 22.4. The first-order valence-corrected chi connectivity index (χ1v) is 11.8. The van der Waals surface area contributed by atoms with Gasteiger partial charge in [0.1, 0.15) is 24.0 Å². The first-order valence-electron chi connectivity index (χ1n) is 11.8. The fraction of sp³-hybridized carbons (Fsp3) is 0.241. The van der Waals surface area contributed by atoms with Crippen LogP contribution in [0.4, 0.5) is 13.2 Å². The maximum Gasteiger partial charge on any atom is 0.249 e. The molecule has 36 heavy (non-hydrogen) atoms. The monoisotopic (exact) mass is 485 g/mol. The molecule has 1 aliphatic heterocycles. The van der Waals surface area contributed by atoms with Gasteiger partial charge in [-0.15, -0.1) is 0 Å². The number of imidazole rings is 1. The number of benzene rings is 3. The zero-order chi connectivity index (χ0) is 25.0. The van der Waals surface area contributed by atoms with Crippen LogP contribution in [0.25, 0.3) is 16.6 Å². The summed E-state index contributed by atoms with van der Waals surface area (Å²) >= 11 is 0. The summed E-state index contributed by atoms with van der Waals surface area (Å²) in [5, 5.41) is 9.67. The second kappa shape index (κ2) is 8.27. The van der Waals surface area contributed by atoms with Crippen molar-refractivity contribution in [3.63, 3.8) is 0 Å². The highest BCUT2D eigenvalue weighted by molar-refractivity contribution is 5.88. The van der Waals surface area contributed by atoms with Gasteiger partial charge in [0.25, 0.3) is 0 Å². The Morgan fingerprint density at radius 1 is 1.11 bits per heavy atom. The number of aromatic nitrogens is 2. The lowest BCUT2D eigenvalue weighted by Crippen LogP contribution is -2.35. The number of alkyl halides is 2. The van der Waals surface area contributed by atoms with Crippen molar-refractivity contribution in [1.29, 1.82) is 5.26 Å². The molecule has 0 saturated heterocycles. The van der Waals surface area contributed by atoms with Gasteiger partial charge in [-0.1, -0.05) is 24.3 Å². The molecule has 0 amide bonds. The number of allylic oxidation sites excluding steroid dienone is 1. The molecule has 0 bridgehead atoms. The van der Waals surface area contributed by atoms with E-state index in [2.05, 4.69) is 6.07 Å². The molecule has 4 aromatic rings. The maximum atomic E-state index is 13.9. The summed E-state index contributed by atoms with van der Waals surface area (Å²) in [5.74, 6) is -2.25. The summed E-state index contributed by atoms with van der Waals surface area (Å²) < 4.78 is 49.3. The predicted octanol–water partition coefficient (Wildman–Crippen LogP) is 6.97. The standard InChI is InChI=1S/C29H22F3N3O/c1-17(14-33)27-22-8-6-18(10-19(22)16-36-26-11-21(30)7-9-23(26)27)15-35-25-5-3-2-4-24(25)34-28(35)20-12-29(31,32)13-20/h2-11,20H,12-13,15-16H2,1H3/b27-17+. The molecule has 1 aromatic heterocycles. The van der Waals surface area contributed by atoms with Crippen molar-refractivity contribution in [2.24, 2.45) is 0 Å². The minimum atomic E-state index is -2.63. The molecule has 4 nitrogen and oxygen atoms in total. The Labute approximate surface area is 206 Å². The van der Waals surface area contributed by atoms with Gasteiger partial charge in [-0.25, -0.2) is 18.2 Å². The van der Waals surface area contributed by atoms with Crippen LogP contribution < -0.4 is 4.74 Å². The van der Waals surface area contributed by atoms with Gasteiger partial charge in [0.2, 0.25) is 5.92 Å². The van der Waals surface area contributed by atoms with Crippen LogP contribution in [0.15, 0.2) is 66.2 Å². The van der Waals surface area contributed by atoms with Crippen molar-refractivity contribution in [1.82, 2.24) is 9.55 Å². The first-order chi connectivity index (χ1) is 17.3. The normalized spacial score (nSPS) is 17.9. The van der Waals surface area contributed by atoms with Crippen molar-refractivity contribution in [3.05, 3.63) is 100 Å². The molecule has 6 rings (SSSR count). The summed E-state index contributed by atoms with van der Waals surface area (Å²) in [6, 6.07) is 20.2. The average Bonchev–Trinajstić information content (AvgIpc) is 3.12. The SMILES string of the molecule is C/C(C#N)=C1/c2ccc(Cn3c(C4CC(F)(F)C4)nc4ccccc43)cc2COc2cc(F)ccc21. The Bertz CT molecular complexity index is 1590. The molecule has 1 saturated carbocycles. The number of ether oxygens (including phenoxy) is 1. The molecule has 0 spiro atoms. The number of hydrogen-bond acceptors (Lipinski definition) is 3. The summed E-state index contributed by atoms with van der Waals surface area (Å²) in [4.78, 5) is 4.71. The van der Waals surface area contributed by atoms with E-state index in [1.807, 2.05) is 47.0 Å². The van der Waals surface area contributed by atoms with Gasteiger partial charge in [0.05, 0.1) is 17.1 Å². The number of rotatable bonds is 3. The van der Waals surface area contributed by atoms with E-state index < -0.39 is 11.7 Å². The van der Waals surface area contributed by atoms with Crippen molar-refractivity contribution < 1.29 is 17.9 Å². The number of fused-ring (bicyclic) bond motifs is 3. The van der Waals surface area contributed by atoms with E-state index in [-0.39, 0.29) is 25.4 Å². The van der Waals surface area contributed by atoms with Crippen molar-refractivity contribution >= 4 is 16.6 Å². The Balaban J connectivity index is 1.42. The minimum Gasteiger partial charge on any atom is -0.488 e. The molecule has 2 aliphatic rings. The van der Waals surface area contributed by atoms with Gasteiger partial charge < -0.3 is 9.30 Å². The van der Waals surface area contributed by atoms with E-state index in [4.69, 9.17) is 9.72 Å². The van der Waals surface area contributed by atoms with Crippen molar-refractivity contribution in [3.8, 4) is 11.8 Å². The van der Waals surface area contributed by atoms with Crippen LogP contribution in [-0.4, -0.2) is 15.5 Å². The number of halogens is 3. The highest BCUT2D eigenvalue weighted by atomic mass is 19.3. The Morgan fingerprint density at radius 3 is 2.67 bits per heavy atom. The van der Waals surface area contributed by atoms with E-state index in [0.717, 1.165) is 33.3 Å². The van der Waals surface area contributed by atoms with E-state index in [1.165, 1.54) is 12.1 Å². The number of hydrogen-bond donors (Lipinski definition) is 0. The second-order valence-corrected chi connectivity index (χ2v) is 9.54. The van der Waals surface area contributed by atoms with E-state index in [9.17, 15) is 18.4 Å². The van der Waals surface area contributed by atoms with Gasteiger partial charge in [-0.2, -0.15) is 5.26 Å².